The largest absolute Gasteiger partial charge is 0.0722 e. The molecule has 0 N–H and O–H groups in total. The Bertz CT molecular complexity index is 99.9. The normalized spacial score (nSPS) is 15.5. The van der Waals surface area contributed by atoms with Gasteiger partial charge in [0.15, 0.2) is 0 Å². The lowest BCUT2D eigenvalue weighted by molar-refractivity contribution is 0.319. The smallest absolute Gasteiger partial charge is 0.0308 e. The van der Waals surface area contributed by atoms with Gasteiger partial charge in [0.05, 0.1) is 0 Å². The van der Waals surface area contributed by atoms with E-state index in [1.807, 2.05) is 0 Å². The van der Waals surface area contributed by atoms with Crippen molar-refractivity contribution in [2.24, 2.45) is 11.3 Å². The second-order valence-corrected chi connectivity index (χ2v) is 8.76. The number of hydrogen-bond donors (Lipinski definition) is 0. The zero-order valence-corrected chi connectivity index (χ0v) is 10.2. The van der Waals surface area contributed by atoms with E-state index in [-0.39, 0.29) is 8.80 Å². The van der Waals surface area contributed by atoms with Crippen LogP contribution in [0.3, 0.4) is 0 Å². The molecule has 1 heteroatoms. The average molecular weight is 172 g/mol. The fourth-order valence-electron chi connectivity index (χ4n) is 1.93. The first-order valence-electron chi connectivity index (χ1n) is 4.81. The lowest BCUT2D eigenvalue weighted by Gasteiger charge is -2.23. The molecule has 0 spiro atoms. The van der Waals surface area contributed by atoms with Gasteiger partial charge in [0.2, 0.25) is 0 Å². The van der Waals surface area contributed by atoms with E-state index < -0.39 is 0 Å². The van der Waals surface area contributed by atoms with Crippen LogP contribution >= 0.6 is 0 Å². The van der Waals surface area contributed by atoms with Crippen LogP contribution in [-0.4, -0.2) is 8.80 Å². The molecule has 68 valence electrons. The van der Waals surface area contributed by atoms with Gasteiger partial charge in [-0.15, -0.1) is 0 Å². The Morgan fingerprint density at radius 2 is 1.64 bits per heavy atom. The molecular weight excluding hydrogens is 148 g/mol. The minimum Gasteiger partial charge on any atom is -0.0722 e. The lowest BCUT2D eigenvalue weighted by atomic mass is 9.86. The lowest BCUT2D eigenvalue weighted by Crippen LogP contribution is -2.14. The predicted octanol–water partition coefficient (Wildman–Crippen LogP) is 3.55. The molecule has 0 aromatic rings. The van der Waals surface area contributed by atoms with Crippen molar-refractivity contribution < 1.29 is 0 Å². The maximum absolute atomic E-state index is 2.44. The van der Waals surface area contributed by atoms with Crippen LogP contribution < -0.4 is 0 Å². The molecule has 1 atom stereocenters. The van der Waals surface area contributed by atoms with E-state index in [9.17, 15) is 0 Å². The first kappa shape index (κ1) is 11.2. The van der Waals surface area contributed by atoms with Crippen molar-refractivity contribution in [1.82, 2.24) is 0 Å². The van der Waals surface area contributed by atoms with Crippen molar-refractivity contribution in [1.29, 1.82) is 0 Å². The Labute approximate surface area is 74.0 Å². The average Bonchev–Trinajstić information content (AvgIpc) is 1.53. The van der Waals surface area contributed by atoms with Crippen molar-refractivity contribution in [2.75, 3.05) is 0 Å². The summed E-state index contributed by atoms with van der Waals surface area (Å²) in [5, 5.41) is 0. The van der Waals surface area contributed by atoms with Gasteiger partial charge in [0, 0.05) is 8.80 Å². The van der Waals surface area contributed by atoms with Crippen LogP contribution in [0.15, 0.2) is 0 Å². The van der Waals surface area contributed by atoms with Gasteiger partial charge < -0.3 is 0 Å². The van der Waals surface area contributed by atoms with E-state index in [2.05, 4.69) is 40.8 Å². The van der Waals surface area contributed by atoms with Gasteiger partial charge >= 0.3 is 0 Å². The fourth-order valence-corrected chi connectivity index (χ4v) is 3.71. The highest BCUT2D eigenvalue weighted by Gasteiger charge is 2.15. The molecule has 0 aliphatic heterocycles. The molecule has 0 bridgehead atoms. The minimum atomic E-state index is -0.318. The summed E-state index contributed by atoms with van der Waals surface area (Å²) in [4.78, 5) is 0. The third-order valence-electron chi connectivity index (χ3n) is 1.83. The third-order valence-corrected chi connectivity index (χ3v) is 3.58. The Kier molecular flexibility index (Phi) is 4.38. The summed E-state index contributed by atoms with van der Waals surface area (Å²) in [5.74, 6) is 0.946. The molecule has 0 fully saturated rings. The zero-order valence-electron chi connectivity index (χ0n) is 9.07. The van der Waals surface area contributed by atoms with E-state index in [1.54, 1.807) is 0 Å². The summed E-state index contributed by atoms with van der Waals surface area (Å²) in [6, 6.07) is 1.51. The fraction of sp³-hybridized carbons (Fsp3) is 1.00. The van der Waals surface area contributed by atoms with Crippen molar-refractivity contribution in [3.05, 3.63) is 0 Å². The zero-order chi connectivity index (χ0) is 9.07. The van der Waals surface area contributed by atoms with Gasteiger partial charge in [-0.3, -0.25) is 0 Å². The van der Waals surface area contributed by atoms with Crippen LogP contribution in [0, 0.1) is 11.3 Å². The Balaban J connectivity index is 3.61. The second-order valence-electron chi connectivity index (χ2n) is 5.50. The maximum Gasteiger partial charge on any atom is 0.0308 e. The summed E-state index contributed by atoms with van der Waals surface area (Å²) in [6.45, 7) is 14.3. The van der Waals surface area contributed by atoms with Crippen molar-refractivity contribution in [3.8, 4) is 0 Å². The topological polar surface area (TPSA) is 0 Å². The Morgan fingerprint density at radius 3 is 1.91 bits per heavy atom. The summed E-state index contributed by atoms with van der Waals surface area (Å²) in [7, 11) is -0.318. The molecule has 0 saturated carbocycles. The number of hydrogen-bond acceptors (Lipinski definition) is 0. The standard InChI is InChI=1S/C10H24Si/c1-9(8-11(5)6)7-10(2,3)4/h9,11H,7-8H2,1-6H3. The van der Waals surface area contributed by atoms with Crippen LogP contribution in [0.1, 0.15) is 34.1 Å². The van der Waals surface area contributed by atoms with Crippen molar-refractivity contribution >= 4 is 8.80 Å². The van der Waals surface area contributed by atoms with E-state index in [0.717, 1.165) is 5.92 Å². The summed E-state index contributed by atoms with van der Waals surface area (Å²) < 4.78 is 0. The Hall–Kier alpha value is 0.217. The van der Waals surface area contributed by atoms with Crippen molar-refractivity contribution in [3.63, 3.8) is 0 Å². The predicted molar refractivity (Wildman–Crippen MR) is 56.9 cm³/mol. The van der Waals surface area contributed by atoms with Gasteiger partial charge in [-0.2, -0.15) is 0 Å². The van der Waals surface area contributed by atoms with Crippen LogP contribution in [0.2, 0.25) is 19.1 Å². The molecule has 1 unspecified atom stereocenters. The molecule has 0 aromatic carbocycles. The Morgan fingerprint density at radius 1 is 1.18 bits per heavy atom. The maximum atomic E-state index is 2.44. The van der Waals surface area contributed by atoms with E-state index in [1.165, 1.54) is 12.5 Å². The highest BCUT2D eigenvalue weighted by molar-refractivity contribution is 6.55. The first-order valence-corrected chi connectivity index (χ1v) is 7.94. The van der Waals surface area contributed by atoms with Gasteiger partial charge in [-0.25, -0.2) is 0 Å². The van der Waals surface area contributed by atoms with Crippen LogP contribution in [0.5, 0.6) is 0 Å². The van der Waals surface area contributed by atoms with Gasteiger partial charge in [0.25, 0.3) is 0 Å². The second kappa shape index (κ2) is 4.29. The molecule has 0 radical (unpaired) electrons. The van der Waals surface area contributed by atoms with E-state index in [0.29, 0.717) is 5.41 Å². The number of rotatable bonds is 3. The van der Waals surface area contributed by atoms with Gasteiger partial charge in [0.1, 0.15) is 0 Å². The quantitative estimate of drug-likeness (QED) is 0.571. The molecular formula is C10H24Si. The highest BCUT2D eigenvalue weighted by Crippen LogP contribution is 2.26. The van der Waals surface area contributed by atoms with Crippen LogP contribution in [-0.2, 0) is 0 Å². The SMILES string of the molecule is CC(C[SiH](C)C)CC(C)(C)C. The first-order chi connectivity index (χ1) is 4.81. The minimum absolute atomic E-state index is 0.318. The third kappa shape index (κ3) is 8.12. The van der Waals surface area contributed by atoms with E-state index >= 15 is 0 Å². The van der Waals surface area contributed by atoms with Gasteiger partial charge in [-0.05, 0) is 17.8 Å². The molecule has 0 rings (SSSR count). The monoisotopic (exact) mass is 172 g/mol. The molecule has 0 aromatic heterocycles. The molecule has 0 nitrogen and oxygen atoms in total. The molecule has 0 aliphatic rings. The molecule has 11 heavy (non-hydrogen) atoms. The molecule has 0 aliphatic carbocycles. The summed E-state index contributed by atoms with van der Waals surface area (Å²) >= 11 is 0. The van der Waals surface area contributed by atoms with Crippen LogP contribution in [0.25, 0.3) is 0 Å². The summed E-state index contributed by atoms with van der Waals surface area (Å²) in [6.07, 6.45) is 1.39. The van der Waals surface area contributed by atoms with Crippen molar-refractivity contribution in [2.45, 2.75) is 53.3 Å². The molecule has 0 heterocycles. The van der Waals surface area contributed by atoms with Crippen LogP contribution in [0.4, 0.5) is 0 Å². The molecule has 0 saturated heterocycles. The van der Waals surface area contributed by atoms with Gasteiger partial charge in [-0.1, -0.05) is 46.8 Å². The molecule has 0 amide bonds. The van der Waals surface area contributed by atoms with E-state index in [4.69, 9.17) is 0 Å². The summed E-state index contributed by atoms with van der Waals surface area (Å²) in [5.41, 5.74) is 0.530. The highest BCUT2D eigenvalue weighted by atomic mass is 28.3.